The zero-order chi connectivity index (χ0) is 15.2. The summed E-state index contributed by atoms with van der Waals surface area (Å²) >= 11 is 0. The summed E-state index contributed by atoms with van der Waals surface area (Å²) in [7, 11) is 1.63. The molecule has 0 unspecified atom stereocenters. The van der Waals surface area contributed by atoms with Crippen molar-refractivity contribution in [3.8, 4) is 0 Å². The molecule has 5 heteroatoms. The fraction of sp³-hybridized carbons (Fsp3) is 0.562. The highest BCUT2D eigenvalue weighted by molar-refractivity contribution is 5.96. The van der Waals surface area contributed by atoms with Crippen LogP contribution in [-0.2, 0) is 0 Å². The minimum Gasteiger partial charge on any atom is -0.397 e. The van der Waals surface area contributed by atoms with Crippen LogP contribution in [0.25, 0.3) is 0 Å². The molecule has 0 atom stereocenters. The molecule has 0 spiro atoms. The summed E-state index contributed by atoms with van der Waals surface area (Å²) in [5, 5.41) is 5.97. The Kier molecular flexibility index (Phi) is 5.44. The monoisotopic (exact) mass is 290 g/mol. The summed E-state index contributed by atoms with van der Waals surface area (Å²) in [6.45, 7) is 6.53. The molecular formula is C16H26N4O. The Morgan fingerprint density at radius 3 is 2.76 bits per heavy atom. The summed E-state index contributed by atoms with van der Waals surface area (Å²) in [5.74, 6) is 0.761. The number of benzene rings is 1. The van der Waals surface area contributed by atoms with Crippen molar-refractivity contribution >= 4 is 17.3 Å². The van der Waals surface area contributed by atoms with Gasteiger partial charge in [0.15, 0.2) is 0 Å². The molecule has 1 amide bonds. The molecule has 1 aromatic rings. The van der Waals surface area contributed by atoms with Crippen molar-refractivity contribution < 1.29 is 4.79 Å². The predicted octanol–water partition coefficient (Wildman–Crippen LogP) is 1.77. The van der Waals surface area contributed by atoms with Gasteiger partial charge in [-0.05, 0) is 50.0 Å². The molecule has 0 bridgehead atoms. The number of amides is 1. The number of nitrogens with two attached hydrogens (primary N) is 1. The third-order valence-electron chi connectivity index (χ3n) is 4.16. The van der Waals surface area contributed by atoms with Gasteiger partial charge >= 0.3 is 0 Å². The fourth-order valence-corrected chi connectivity index (χ4v) is 2.63. The lowest BCUT2D eigenvalue weighted by Crippen LogP contribution is -2.36. The minimum atomic E-state index is -0.0944. The van der Waals surface area contributed by atoms with E-state index in [1.54, 1.807) is 19.2 Å². The van der Waals surface area contributed by atoms with E-state index in [9.17, 15) is 4.79 Å². The first-order chi connectivity index (χ1) is 10.1. The first-order valence-electron chi connectivity index (χ1n) is 7.68. The lowest BCUT2D eigenvalue weighted by atomic mass is 9.99. The van der Waals surface area contributed by atoms with E-state index in [-0.39, 0.29) is 5.91 Å². The van der Waals surface area contributed by atoms with E-state index < -0.39 is 0 Å². The number of anilines is 2. The molecule has 1 aliphatic heterocycles. The number of nitrogens with zero attached hydrogens (tertiary/aromatic N) is 1. The first-order valence-corrected chi connectivity index (χ1v) is 7.68. The smallest absolute Gasteiger partial charge is 0.251 e. The molecule has 1 aliphatic rings. The van der Waals surface area contributed by atoms with Gasteiger partial charge in [-0.3, -0.25) is 4.79 Å². The van der Waals surface area contributed by atoms with E-state index in [4.69, 9.17) is 5.73 Å². The Morgan fingerprint density at radius 1 is 1.38 bits per heavy atom. The first kappa shape index (κ1) is 15.6. The van der Waals surface area contributed by atoms with Gasteiger partial charge in [0.2, 0.25) is 0 Å². The Hall–Kier alpha value is -1.75. The molecule has 1 saturated heterocycles. The molecule has 1 aromatic carbocycles. The number of hydrogen-bond acceptors (Lipinski definition) is 4. The van der Waals surface area contributed by atoms with Gasteiger partial charge in [-0.1, -0.05) is 6.92 Å². The van der Waals surface area contributed by atoms with Crippen molar-refractivity contribution in [2.45, 2.75) is 19.8 Å². The van der Waals surface area contributed by atoms with Crippen molar-refractivity contribution in [3.05, 3.63) is 23.8 Å². The maximum atomic E-state index is 11.6. The third-order valence-corrected chi connectivity index (χ3v) is 4.16. The van der Waals surface area contributed by atoms with Crippen molar-refractivity contribution in [1.82, 2.24) is 10.2 Å². The topological polar surface area (TPSA) is 70.4 Å². The Labute approximate surface area is 126 Å². The maximum Gasteiger partial charge on any atom is 0.251 e. The number of likely N-dealkylation sites (tertiary alicyclic amines) is 1. The number of nitrogens with one attached hydrogen (secondary N) is 2. The van der Waals surface area contributed by atoms with Gasteiger partial charge in [-0.2, -0.15) is 0 Å². The van der Waals surface area contributed by atoms with Gasteiger partial charge in [-0.25, -0.2) is 0 Å². The van der Waals surface area contributed by atoms with Crippen LogP contribution in [0, 0.1) is 5.92 Å². The molecule has 2 rings (SSSR count). The molecule has 116 valence electrons. The molecule has 1 fully saturated rings. The van der Waals surface area contributed by atoms with Crippen LogP contribution in [0.1, 0.15) is 30.1 Å². The van der Waals surface area contributed by atoms with Crippen LogP contribution < -0.4 is 16.4 Å². The van der Waals surface area contributed by atoms with Crippen LogP contribution in [-0.4, -0.2) is 44.0 Å². The number of carbonyl (C=O) groups is 1. The van der Waals surface area contributed by atoms with Crippen LogP contribution in [0.2, 0.25) is 0 Å². The van der Waals surface area contributed by atoms with Gasteiger partial charge < -0.3 is 21.3 Å². The van der Waals surface area contributed by atoms with Crippen LogP contribution in [0.15, 0.2) is 18.2 Å². The Morgan fingerprint density at radius 2 is 2.10 bits per heavy atom. The van der Waals surface area contributed by atoms with Gasteiger partial charge in [-0.15, -0.1) is 0 Å². The highest BCUT2D eigenvalue weighted by Crippen LogP contribution is 2.20. The fourth-order valence-electron chi connectivity index (χ4n) is 2.63. The van der Waals surface area contributed by atoms with Crippen molar-refractivity contribution in [2.24, 2.45) is 5.92 Å². The quantitative estimate of drug-likeness (QED) is 0.723. The molecule has 0 saturated carbocycles. The van der Waals surface area contributed by atoms with Crippen molar-refractivity contribution in [2.75, 3.05) is 44.3 Å². The number of carbonyl (C=O) groups excluding carboxylic acids is 1. The molecular weight excluding hydrogens is 264 g/mol. The lowest BCUT2D eigenvalue weighted by molar-refractivity contribution is 0.0963. The van der Waals surface area contributed by atoms with E-state index in [1.165, 1.54) is 25.9 Å². The molecule has 21 heavy (non-hydrogen) atoms. The van der Waals surface area contributed by atoms with E-state index in [2.05, 4.69) is 22.5 Å². The summed E-state index contributed by atoms with van der Waals surface area (Å²) in [4.78, 5) is 14.1. The van der Waals surface area contributed by atoms with E-state index in [0.717, 1.165) is 24.7 Å². The zero-order valence-electron chi connectivity index (χ0n) is 13.0. The molecule has 5 nitrogen and oxygen atoms in total. The highest BCUT2D eigenvalue weighted by atomic mass is 16.1. The summed E-state index contributed by atoms with van der Waals surface area (Å²) < 4.78 is 0. The molecule has 0 aromatic heterocycles. The predicted molar refractivity (Wildman–Crippen MR) is 87.6 cm³/mol. The van der Waals surface area contributed by atoms with Crippen molar-refractivity contribution in [1.29, 1.82) is 0 Å². The third kappa shape index (κ3) is 4.36. The molecule has 1 heterocycles. The summed E-state index contributed by atoms with van der Waals surface area (Å²) in [6, 6.07) is 5.33. The normalized spacial score (nSPS) is 16.7. The Bertz CT molecular complexity index is 481. The van der Waals surface area contributed by atoms with Crippen LogP contribution in [0.3, 0.4) is 0 Å². The number of nitrogen functional groups attached to an aromatic ring is 1. The standard InChI is InChI=1S/C16H26N4O/c1-12-5-8-20(9-6-12)10-7-19-15-11-13(16(21)18-2)3-4-14(15)17/h3-4,11-12,19H,5-10,17H2,1-2H3,(H,18,21). The summed E-state index contributed by atoms with van der Waals surface area (Å²) in [6.07, 6.45) is 2.57. The SMILES string of the molecule is CNC(=O)c1ccc(N)c(NCCN2CCC(C)CC2)c1. The van der Waals surface area contributed by atoms with Gasteiger partial charge in [0.25, 0.3) is 5.91 Å². The summed E-state index contributed by atoms with van der Waals surface area (Å²) in [5.41, 5.74) is 8.10. The van der Waals surface area contributed by atoms with E-state index in [0.29, 0.717) is 11.3 Å². The second-order valence-electron chi connectivity index (χ2n) is 5.83. The second kappa shape index (κ2) is 7.31. The molecule has 0 radical (unpaired) electrons. The number of rotatable bonds is 5. The van der Waals surface area contributed by atoms with Crippen LogP contribution in [0.4, 0.5) is 11.4 Å². The average Bonchev–Trinajstić information content (AvgIpc) is 2.50. The van der Waals surface area contributed by atoms with Gasteiger partial charge in [0, 0.05) is 25.7 Å². The van der Waals surface area contributed by atoms with Gasteiger partial charge in [0.05, 0.1) is 11.4 Å². The molecule has 0 aliphatic carbocycles. The zero-order valence-corrected chi connectivity index (χ0v) is 13.0. The second-order valence-corrected chi connectivity index (χ2v) is 5.83. The van der Waals surface area contributed by atoms with Crippen molar-refractivity contribution in [3.63, 3.8) is 0 Å². The highest BCUT2D eigenvalue weighted by Gasteiger charge is 2.15. The minimum absolute atomic E-state index is 0.0944. The lowest BCUT2D eigenvalue weighted by Gasteiger charge is -2.30. The van der Waals surface area contributed by atoms with E-state index in [1.807, 2.05) is 6.07 Å². The Balaban J connectivity index is 1.86. The number of hydrogen-bond donors (Lipinski definition) is 3. The average molecular weight is 290 g/mol. The maximum absolute atomic E-state index is 11.6. The largest absolute Gasteiger partial charge is 0.397 e. The van der Waals surface area contributed by atoms with Crippen LogP contribution in [0.5, 0.6) is 0 Å². The molecule has 4 N–H and O–H groups in total. The van der Waals surface area contributed by atoms with E-state index >= 15 is 0 Å². The van der Waals surface area contributed by atoms with Crippen LogP contribution >= 0.6 is 0 Å². The van der Waals surface area contributed by atoms with Gasteiger partial charge in [0.1, 0.15) is 0 Å². The number of piperidine rings is 1.